The third-order valence-corrected chi connectivity index (χ3v) is 7.77. The van der Waals surface area contributed by atoms with E-state index in [0.717, 1.165) is 11.3 Å². The number of rotatable bonds is 8. The topological polar surface area (TPSA) is 106 Å². The van der Waals surface area contributed by atoms with E-state index in [1.165, 1.54) is 18.4 Å². The quantitative estimate of drug-likeness (QED) is 0.274. The van der Waals surface area contributed by atoms with Crippen molar-refractivity contribution in [1.29, 1.82) is 0 Å². The Morgan fingerprint density at radius 3 is 2.75 bits per heavy atom. The second-order valence-electron chi connectivity index (χ2n) is 7.34. The van der Waals surface area contributed by atoms with Crippen LogP contribution >= 0.6 is 45.5 Å². The number of esters is 1. The summed E-state index contributed by atoms with van der Waals surface area (Å²) in [6, 6.07) is -0.174. The third-order valence-electron chi connectivity index (χ3n) is 5.36. The lowest BCUT2D eigenvalue weighted by Crippen LogP contribution is -2.55. The Bertz CT molecular complexity index is 982. The zero-order chi connectivity index (χ0) is 23.4. The molecule has 3 heterocycles. The van der Waals surface area contributed by atoms with Crippen LogP contribution in [0.15, 0.2) is 0 Å². The summed E-state index contributed by atoms with van der Waals surface area (Å²) >= 11 is 9.78. The first-order chi connectivity index (χ1) is 15.3. The number of carbonyl (C=O) groups excluding carboxylic acids is 2. The number of aromatic nitrogens is 2. The molecule has 0 unspecified atom stereocenters. The van der Waals surface area contributed by atoms with Crippen LogP contribution in [0.4, 0.5) is 5.13 Å². The van der Waals surface area contributed by atoms with Crippen LogP contribution < -0.4 is 10.2 Å². The van der Waals surface area contributed by atoms with Gasteiger partial charge in [-0.1, -0.05) is 45.5 Å². The van der Waals surface area contributed by atoms with Gasteiger partial charge in [0.1, 0.15) is 10.6 Å². The molecule has 3 rings (SSSR count). The van der Waals surface area contributed by atoms with Crippen LogP contribution in [-0.2, 0) is 25.2 Å². The van der Waals surface area contributed by atoms with E-state index in [1.807, 2.05) is 6.92 Å². The molecule has 1 saturated heterocycles. The van der Waals surface area contributed by atoms with Gasteiger partial charge in [0.15, 0.2) is 5.13 Å². The van der Waals surface area contributed by atoms with Crippen molar-refractivity contribution in [2.45, 2.75) is 36.5 Å². The molecule has 32 heavy (non-hydrogen) atoms. The molecule has 0 saturated carbocycles. The largest absolute Gasteiger partial charge is 0.465 e. The number of piperidine rings is 1. The van der Waals surface area contributed by atoms with Crippen molar-refractivity contribution in [1.82, 2.24) is 15.3 Å². The summed E-state index contributed by atoms with van der Waals surface area (Å²) in [4.78, 5) is 35.2. The number of H-pyrrole nitrogens is 1. The number of aromatic amines is 1. The monoisotopic (exact) mass is 596 g/mol. The molecule has 1 aliphatic heterocycles. The van der Waals surface area contributed by atoms with E-state index in [9.17, 15) is 9.59 Å². The van der Waals surface area contributed by atoms with Crippen molar-refractivity contribution in [2.24, 2.45) is 0 Å². The molecule has 2 atom stereocenters. The average Bonchev–Trinajstić information content (AvgIpc) is 3.34. The fourth-order valence-electron chi connectivity index (χ4n) is 3.67. The highest BCUT2D eigenvalue weighted by atomic mass is 127. The van der Waals surface area contributed by atoms with Gasteiger partial charge in [0.25, 0.3) is 5.91 Å². The molecule has 2 aromatic rings. The first-order valence-corrected chi connectivity index (χ1v) is 12.6. The number of carbonyl (C=O) groups is 2. The highest BCUT2D eigenvalue weighted by Gasteiger charge is 2.34. The minimum atomic E-state index is -0.433. The lowest BCUT2D eigenvalue weighted by molar-refractivity contribution is 0.0540. The Hall–Kier alpha value is -1.41. The third kappa shape index (κ3) is 5.22. The smallest absolute Gasteiger partial charge is 0.350 e. The summed E-state index contributed by atoms with van der Waals surface area (Å²) in [5.74, 6) is -0.631. The van der Waals surface area contributed by atoms with Crippen molar-refractivity contribution in [2.75, 3.05) is 39.3 Å². The fraction of sp³-hybridized carbons (Fsp3) is 0.550. The number of hydrogen-bond donors (Lipinski definition) is 2. The molecule has 176 valence electrons. The second-order valence-corrected chi connectivity index (χ2v) is 9.46. The SMILES string of the molecule is COCc1nc(N2CC[C@@H](NC(=O)c3[nH]c(C)c(Cl)c3CI)[C@@H](OC)C2)sc1C(=O)OC. The maximum atomic E-state index is 13.0. The summed E-state index contributed by atoms with van der Waals surface area (Å²) in [6.45, 7) is 3.24. The van der Waals surface area contributed by atoms with Crippen molar-refractivity contribution in [3.63, 3.8) is 0 Å². The molecule has 2 aromatic heterocycles. The molecule has 9 nitrogen and oxygen atoms in total. The molecule has 12 heteroatoms. The number of ether oxygens (including phenoxy) is 3. The van der Waals surface area contributed by atoms with Gasteiger partial charge in [-0.3, -0.25) is 4.79 Å². The predicted molar refractivity (Wildman–Crippen MR) is 131 cm³/mol. The lowest BCUT2D eigenvalue weighted by Gasteiger charge is -2.37. The summed E-state index contributed by atoms with van der Waals surface area (Å²) in [5, 5.41) is 4.39. The molecular formula is C20H26ClIN4O5S. The standard InChI is InChI=1S/C20H26ClIN4O5S/c1-10-15(21)11(7-22)16(23-10)18(27)24-12-5-6-26(8-14(12)30-3)20-25-13(9-29-2)17(32-20)19(28)31-4/h12,14,23H,5-9H2,1-4H3,(H,24,27)/t12-,14+/m1/s1. The van der Waals surface area contributed by atoms with Gasteiger partial charge in [-0.2, -0.15) is 0 Å². The van der Waals surface area contributed by atoms with Crippen molar-refractivity contribution in [3.05, 3.63) is 32.5 Å². The molecule has 0 aromatic carbocycles. The van der Waals surface area contributed by atoms with Crippen LogP contribution in [0.3, 0.4) is 0 Å². The van der Waals surface area contributed by atoms with Gasteiger partial charge < -0.3 is 29.4 Å². The molecule has 0 aliphatic carbocycles. The normalized spacial score (nSPS) is 18.6. The van der Waals surface area contributed by atoms with Crippen LogP contribution in [0.2, 0.25) is 5.02 Å². The average molecular weight is 597 g/mol. The Kier molecular flexibility index (Phi) is 8.78. The van der Waals surface area contributed by atoms with E-state index < -0.39 is 5.97 Å². The van der Waals surface area contributed by atoms with Crippen LogP contribution in [-0.4, -0.2) is 68.4 Å². The Morgan fingerprint density at radius 2 is 2.12 bits per heavy atom. The van der Waals surface area contributed by atoms with Crippen LogP contribution in [0, 0.1) is 6.92 Å². The Balaban J connectivity index is 1.73. The van der Waals surface area contributed by atoms with E-state index in [0.29, 0.717) is 50.4 Å². The van der Waals surface area contributed by atoms with Gasteiger partial charge in [-0.05, 0) is 13.3 Å². The van der Waals surface area contributed by atoms with Crippen molar-refractivity contribution >= 4 is 62.5 Å². The van der Waals surface area contributed by atoms with Crippen LogP contribution in [0.1, 0.15) is 43.5 Å². The highest BCUT2D eigenvalue weighted by Crippen LogP contribution is 2.31. The summed E-state index contributed by atoms with van der Waals surface area (Å²) in [7, 11) is 4.52. The number of hydrogen-bond acceptors (Lipinski definition) is 8. The predicted octanol–water partition coefficient (Wildman–Crippen LogP) is 3.32. The molecule has 1 fully saturated rings. The Morgan fingerprint density at radius 1 is 1.38 bits per heavy atom. The zero-order valence-corrected chi connectivity index (χ0v) is 22.0. The number of nitrogens with zero attached hydrogens (tertiary/aromatic N) is 2. The molecule has 2 N–H and O–H groups in total. The van der Waals surface area contributed by atoms with E-state index in [-0.39, 0.29) is 24.7 Å². The molecule has 0 radical (unpaired) electrons. The van der Waals surface area contributed by atoms with Crippen molar-refractivity contribution < 1.29 is 23.8 Å². The first kappa shape index (κ1) is 25.2. The molecule has 1 amide bonds. The number of alkyl halides is 1. The fourth-order valence-corrected chi connectivity index (χ4v) is 5.89. The second kappa shape index (κ2) is 11.1. The van der Waals surface area contributed by atoms with Crippen LogP contribution in [0.5, 0.6) is 0 Å². The lowest BCUT2D eigenvalue weighted by atomic mass is 10.0. The van der Waals surface area contributed by atoms with Gasteiger partial charge in [-0.25, -0.2) is 9.78 Å². The summed E-state index contributed by atoms with van der Waals surface area (Å²) in [5.41, 5.74) is 2.62. The first-order valence-electron chi connectivity index (χ1n) is 9.92. The van der Waals surface area contributed by atoms with Gasteiger partial charge in [0.05, 0.1) is 36.6 Å². The number of anilines is 1. The number of halogens is 2. The number of amides is 1. The van der Waals surface area contributed by atoms with Crippen molar-refractivity contribution in [3.8, 4) is 0 Å². The molecular weight excluding hydrogens is 571 g/mol. The number of nitrogens with one attached hydrogen (secondary N) is 2. The number of methoxy groups -OCH3 is 3. The molecule has 0 bridgehead atoms. The van der Waals surface area contributed by atoms with Gasteiger partial charge in [-0.15, -0.1) is 0 Å². The van der Waals surface area contributed by atoms with Gasteiger partial charge in [0.2, 0.25) is 0 Å². The maximum absolute atomic E-state index is 13.0. The summed E-state index contributed by atoms with van der Waals surface area (Å²) < 4.78 is 16.4. The molecule has 0 spiro atoms. The van der Waals surface area contributed by atoms with E-state index in [1.54, 1.807) is 14.2 Å². The highest BCUT2D eigenvalue weighted by molar-refractivity contribution is 14.1. The van der Waals surface area contributed by atoms with E-state index in [4.69, 9.17) is 25.8 Å². The summed E-state index contributed by atoms with van der Waals surface area (Å²) in [6.07, 6.45) is 0.405. The zero-order valence-electron chi connectivity index (χ0n) is 18.3. The minimum absolute atomic E-state index is 0.174. The number of thiazole rings is 1. The molecule has 1 aliphatic rings. The maximum Gasteiger partial charge on any atom is 0.350 e. The van der Waals surface area contributed by atoms with Gasteiger partial charge >= 0.3 is 5.97 Å². The van der Waals surface area contributed by atoms with E-state index >= 15 is 0 Å². The minimum Gasteiger partial charge on any atom is -0.465 e. The van der Waals surface area contributed by atoms with E-state index in [2.05, 4.69) is 42.8 Å². The number of aryl methyl sites for hydroxylation is 1. The van der Waals surface area contributed by atoms with Crippen LogP contribution in [0.25, 0.3) is 0 Å². The Labute approximate surface area is 209 Å². The van der Waals surface area contributed by atoms with Gasteiger partial charge in [0, 0.05) is 43.0 Å².